The fourth-order valence-electron chi connectivity index (χ4n) is 3.01. The summed E-state index contributed by atoms with van der Waals surface area (Å²) in [4.78, 5) is 12.2. The van der Waals surface area contributed by atoms with Gasteiger partial charge in [0.2, 0.25) is 5.91 Å². The molecule has 0 atom stereocenters. The van der Waals surface area contributed by atoms with Gasteiger partial charge in [0.05, 0.1) is 23.9 Å². The van der Waals surface area contributed by atoms with Gasteiger partial charge < -0.3 is 9.73 Å². The second-order valence-electron chi connectivity index (χ2n) is 6.55. The number of rotatable bonds is 9. The summed E-state index contributed by atoms with van der Waals surface area (Å²) in [6, 6.07) is 13.6. The zero-order valence-corrected chi connectivity index (χ0v) is 17.4. The molecule has 4 aromatic rings. The number of benzene rings is 1. The zero-order valence-electron chi connectivity index (χ0n) is 16.6. The lowest BCUT2D eigenvalue weighted by Gasteiger charge is -2.06. The third-order valence-corrected chi connectivity index (χ3v) is 5.47. The van der Waals surface area contributed by atoms with E-state index in [0.717, 1.165) is 17.7 Å². The van der Waals surface area contributed by atoms with E-state index in [9.17, 15) is 4.79 Å². The van der Waals surface area contributed by atoms with Crippen LogP contribution in [0.15, 0.2) is 70.7 Å². The highest BCUT2D eigenvalue weighted by molar-refractivity contribution is 7.99. The van der Waals surface area contributed by atoms with Gasteiger partial charge in [-0.3, -0.25) is 9.36 Å². The van der Waals surface area contributed by atoms with Crippen LogP contribution in [0.4, 0.5) is 0 Å². The average molecular weight is 423 g/mol. The van der Waals surface area contributed by atoms with Crippen molar-refractivity contribution in [1.29, 1.82) is 0 Å². The van der Waals surface area contributed by atoms with Crippen molar-refractivity contribution >= 4 is 17.7 Å². The first-order chi connectivity index (χ1) is 14.7. The van der Waals surface area contributed by atoms with Crippen LogP contribution in [-0.4, -0.2) is 42.7 Å². The second kappa shape index (κ2) is 9.45. The van der Waals surface area contributed by atoms with Crippen molar-refractivity contribution in [1.82, 2.24) is 29.9 Å². The predicted molar refractivity (Wildman–Crippen MR) is 114 cm³/mol. The van der Waals surface area contributed by atoms with Gasteiger partial charge in [0, 0.05) is 19.3 Å². The molecule has 0 bridgehead atoms. The molecule has 3 aromatic heterocycles. The van der Waals surface area contributed by atoms with Crippen LogP contribution >= 0.6 is 11.8 Å². The number of nitrogens with one attached hydrogen (secondary N) is 1. The Morgan fingerprint density at radius 2 is 2.03 bits per heavy atom. The number of hydrogen-bond donors (Lipinski definition) is 1. The van der Waals surface area contributed by atoms with Crippen molar-refractivity contribution in [3.05, 3.63) is 66.7 Å². The minimum absolute atomic E-state index is 0.0411. The maximum absolute atomic E-state index is 12.2. The van der Waals surface area contributed by atoms with Crippen LogP contribution in [0.3, 0.4) is 0 Å². The number of carbonyl (C=O) groups excluding carboxylic acids is 1. The molecule has 0 spiro atoms. The minimum Gasteiger partial charge on any atom is -0.461 e. The van der Waals surface area contributed by atoms with Gasteiger partial charge in [-0.15, -0.1) is 10.2 Å². The van der Waals surface area contributed by atoms with Crippen LogP contribution in [0, 0.1) is 0 Å². The number of hydrogen-bond acceptors (Lipinski definition) is 6. The fourth-order valence-corrected chi connectivity index (χ4v) is 3.84. The number of thioether (sulfide) groups is 1. The van der Waals surface area contributed by atoms with Crippen LogP contribution in [0.5, 0.6) is 0 Å². The molecule has 0 aliphatic heterocycles. The molecule has 8 nitrogen and oxygen atoms in total. The molecule has 0 aliphatic carbocycles. The Balaban J connectivity index is 1.26. The summed E-state index contributed by atoms with van der Waals surface area (Å²) >= 11 is 1.36. The van der Waals surface area contributed by atoms with Crippen LogP contribution in [-0.2, 0) is 17.8 Å². The van der Waals surface area contributed by atoms with Crippen molar-refractivity contribution in [2.75, 3.05) is 12.3 Å². The smallest absolute Gasteiger partial charge is 0.230 e. The van der Waals surface area contributed by atoms with Crippen molar-refractivity contribution in [3.63, 3.8) is 0 Å². The summed E-state index contributed by atoms with van der Waals surface area (Å²) in [5.41, 5.74) is 2.08. The molecule has 9 heteroatoms. The summed E-state index contributed by atoms with van der Waals surface area (Å²) < 4.78 is 9.18. The topological polar surface area (TPSA) is 90.8 Å². The molecule has 0 aliphatic rings. The SMILES string of the molecule is CCn1c(SCC(=O)NCCc2cnn(-c3ccccc3)c2)nnc1-c1ccco1. The molecule has 1 aromatic carbocycles. The van der Waals surface area contributed by atoms with E-state index < -0.39 is 0 Å². The normalized spacial score (nSPS) is 11.0. The zero-order chi connectivity index (χ0) is 20.8. The molecule has 0 saturated heterocycles. The fraction of sp³-hybridized carbons (Fsp3) is 0.238. The molecule has 30 heavy (non-hydrogen) atoms. The van der Waals surface area contributed by atoms with Crippen LogP contribution < -0.4 is 5.32 Å². The van der Waals surface area contributed by atoms with Crippen molar-refractivity contribution in [2.24, 2.45) is 0 Å². The summed E-state index contributed by atoms with van der Waals surface area (Å²) in [5, 5.41) is 16.4. The molecule has 0 saturated carbocycles. The van der Waals surface area contributed by atoms with Gasteiger partial charge in [-0.2, -0.15) is 5.10 Å². The van der Waals surface area contributed by atoms with Crippen LogP contribution in [0.25, 0.3) is 17.3 Å². The number of aromatic nitrogens is 5. The molecule has 0 radical (unpaired) electrons. The quantitative estimate of drug-likeness (QED) is 0.417. The van der Waals surface area contributed by atoms with Gasteiger partial charge in [-0.1, -0.05) is 30.0 Å². The lowest BCUT2D eigenvalue weighted by molar-refractivity contribution is -0.118. The maximum atomic E-state index is 12.2. The molecule has 0 fully saturated rings. The van der Waals surface area contributed by atoms with Crippen LogP contribution in [0.2, 0.25) is 0 Å². The number of nitrogens with zero attached hydrogens (tertiary/aromatic N) is 5. The Bertz CT molecular complexity index is 1090. The first-order valence-corrected chi connectivity index (χ1v) is 10.7. The highest BCUT2D eigenvalue weighted by Crippen LogP contribution is 2.24. The van der Waals surface area contributed by atoms with E-state index in [0.29, 0.717) is 29.8 Å². The Labute approximate surface area is 178 Å². The van der Waals surface area contributed by atoms with Crippen molar-refractivity contribution in [3.8, 4) is 17.3 Å². The number of furan rings is 1. The average Bonchev–Trinajstić information content (AvgIpc) is 3.53. The Hall–Kier alpha value is -3.33. The van der Waals surface area contributed by atoms with Gasteiger partial charge >= 0.3 is 0 Å². The summed E-state index contributed by atoms with van der Waals surface area (Å²) in [7, 11) is 0. The van der Waals surface area contributed by atoms with Gasteiger partial charge in [-0.25, -0.2) is 4.68 Å². The summed E-state index contributed by atoms with van der Waals surface area (Å²) in [5.74, 6) is 1.57. The Morgan fingerprint density at radius 3 is 2.80 bits per heavy atom. The van der Waals surface area contributed by atoms with Gasteiger partial charge in [0.25, 0.3) is 0 Å². The lowest BCUT2D eigenvalue weighted by atomic mass is 10.2. The number of carbonyl (C=O) groups is 1. The molecular formula is C21H22N6O2S. The van der Waals surface area contributed by atoms with E-state index in [2.05, 4.69) is 20.6 Å². The first kappa shape index (κ1) is 20.0. The van der Waals surface area contributed by atoms with E-state index in [-0.39, 0.29) is 11.7 Å². The maximum Gasteiger partial charge on any atom is 0.230 e. The van der Waals surface area contributed by atoms with E-state index in [1.54, 1.807) is 6.26 Å². The van der Waals surface area contributed by atoms with Gasteiger partial charge in [0.15, 0.2) is 16.7 Å². The van der Waals surface area contributed by atoms with Gasteiger partial charge in [0.1, 0.15) is 0 Å². The first-order valence-electron chi connectivity index (χ1n) is 9.70. The molecule has 4 rings (SSSR count). The molecule has 154 valence electrons. The standard InChI is InChI=1S/C21H22N6O2S/c1-2-26-20(18-9-6-12-29-18)24-25-21(26)30-15-19(28)22-11-10-16-13-23-27(14-16)17-7-4-3-5-8-17/h3-9,12-14H,2,10-11,15H2,1H3,(H,22,28). The Kier molecular flexibility index (Phi) is 6.29. The number of para-hydroxylation sites is 1. The van der Waals surface area contributed by atoms with E-state index in [1.807, 2.05) is 71.0 Å². The molecule has 1 amide bonds. The monoisotopic (exact) mass is 422 g/mol. The molecular weight excluding hydrogens is 400 g/mol. The predicted octanol–water partition coefficient (Wildman–Crippen LogP) is 3.19. The minimum atomic E-state index is -0.0411. The van der Waals surface area contributed by atoms with Crippen molar-refractivity contribution < 1.29 is 9.21 Å². The number of amides is 1. The van der Waals surface area contributed by atoms with E-state index >= 15 is 0 Å². The Morgan fingerprint density at radius 1 is 1.17 bits per heavy atom. The largest absolute Gasteiger partial charge is 0.461 e. The molecule has 1 N–H and O–H groups in total. The van der Waals surface area contributed by atoms with Crippen molar-refractivity contribution in [2.45, 2.75) is 25.0 Å². The third kappa shape index (κ3) is 4.62. The molecule has 3 heterocycles. The summed E-state index contributed by atoms with van der Waals surface area (Å²) in [6.07, 6.45) is 6.13. The van der Waals surface area contributed by atoms with E-state index in [4.69, 9.17) is 4.42 Å². The second-order valence-corrected chi connectivity index (χ2v) is 7.49. The molecule has 0 unspecified atom stereocenters. The van der Waals surface area contributed by atoms with Crippen LogP contribution in [0.1, 0.15) is 12.5 Å². The summed E-state index contributed by atoms with van der Waals surface area (Å²) in [6.45, 7) is 3.26. The van der Waals surface area contributed by atoms with E-state index in [1.165, 1.54) is 11.8 Å². The highest BCUT2D eigenvalue weighted by atomic mass is 32.2. The third-order valence-electron chi connectivity index (χ3n) is 4.50. The van der Waals surface area contributed by atoms with Gasteiger partial charge in [-0.05, 0) is 43.2 Å². The lowest BCUT2D eigenvalue weighted by Crippen LogP contribution is -2.27. The highest BCUT2D eigenvalue weighted by Gasteiger charge is 2.16.